The third-order valence-corrected chi connectivity index (χ3v) is 4.59. The van der Waals surface area contributed by atoms with Crippen LogP contribution in [0.2, 0.25) is 0 Å². The minimum atomic E-state index is 0.0320. The van der Waals surface area contributed by atoms with Gasteiger partial charge in [-0.25, -0.2) is 0 Å². The van der Waals surface area contributed by atoms with E-state index in [2.05, 4.69) is 5.32 Å². The maximum Gasteiger partial charge on any atom is 0.224 e. The molecule has 0 saturated heterocycles. The smallest absolute Gasteiger partial charge is 0.224 e. The fourth-order valence-electron chi connectivity index (χ4n) is 3.20. The van der Waals surface area contributed by atoms with E-state index in [1.807, 2.05) is 54.6 Å². The SMILES string of the molecule is N[C@@H]1CCC[C@H]1CC(=O)Nc1ccccc1COc1ccccc1. The molecule has 4 nitrogen and oxygen atoms in total. The number of carbonyl (C=O) groups is 1. The predicted molar refractivity (Wildman–Crippen MR) is 95.8 cm³/mol. The van der Waals surface area contributed by atoms with Gasteiger partial charge in [-0.05, 0) is 37.0 Å². The number of benzene rings is 2. The second kappa shape index (κ2) is 7.97. The molecule has 1 aliphatic carbocycles. The molecular formula is C20H24N2O2. The summed E-state index contributed by atoms with van der Waals surface area (Å²) in [6.07, 6.45) is 3.70. The molecule has 3 N–H and O–H groups in total. The van der Waals surface area contributed by atoms with Crippen LogP contribution in [0, 0.1) is 5.92 Å². The standard InChI is InChI=1S/C20H24N2O2/c21-18-11-6-8-15(18)13-20(23)22-19-12-5-4-7-16(19)14-24-17-9-2-1-3-10-17/h1-5,7,9-10,12,15,18H,6,8,11,13-14,21H2,(H,22,23)/t15-,18+/m0/s1. The van der Waals surface area contributed by atoms with E-state index in [1.54, 1.807) is 0 Å². The van der Waals surface area contributed by atoms with Crippen LogP contribution in [0.25, 0.3) is 0 Å². The molecule has 4 heteroatoms. The van der Waals surface area contributed by atoms with Gasteiger partial charge in [0.05, 0.1) is 0 Å². The van der Waals surface area contributed by atoms with E-state index >= 15 is 0 Å². The highest BCUT2D eigenvalue weighted by molar-refractivity contribution is 5.91. The summed E-state index contributed by atoms with van der Waals surface area (Å²) in [6, 6.07) is 17.6. The Morgan fingerprint density at radius 3 is 2.58 bits per heavy atom. The van der Waals surface area contributed by atoms with Crippen molar-refractivity contribution in [2.75, 3.05) is 5.32 Å². The minimum Gasteiger partial charge on any atom is -0.489 e. The molecule has 2 atom stereocenters. The first-order valence-corrected chi connectivity index (χ1v) is 8.53. The topological polar surface area (TPSA) is 64.4 Å². The summed E-state index contributed by atoms with van der Waals surface area (Å²) in [5, 5.41) is 3.02. The van der Waals surface area contributed by atoms with Crippen molar-refractivity contribution in [1.82, 2.24) is 0 Å². The first-order valence-electron chi connectivity index (χ1n) is 8.53. The molecule has 0 heterocycles. The molecule has 1 saturated carbocycles. The molecule has 0 radical (unpaired) electrons. The summed E-state index contributed by atoms with van der Waals surface area (Å²) in [5.41, 5.74) is 7.84. The zero-order valence-electron chi connectivity index (χ0n) is 13.8. The Morgan fingerprint density at radius 2 is 1.83 bits per heavy atom. The fourth-order valence-corrected chi connectivity index (χ4v) is 3.20. The summed E-state index contributed by atoms with van der Waals surface area (Å²) in [7, 11) is 0. The Labute approximate surface area is 143 Å². The molecular weight excluding hydrogens is 300 g/mol. The van der Waals surface area contributed by atoms with Crippen LogP contribution in [0.15, 0.2) is 54.6 Å². The molecule has 0 bridgehead atoms. The average Bonchev–Trinajstić information content (AvgIpc) is 3.00. The largest absolute Gasteiger partial charge is 0.489 e. The maximum absolute atomic E-state index is 12.3. The van der Waals surface area contributed by atoms with Crippen LogP contribution in [0.5, 0.6) is 5.75 Å². The summed E-state index contributed by atoms with van der Waals surface area (Å²) < 4.78 is 5.79. The maximum atomic E-state index is 12.3. The second-order valence-electron chi connectivity index (χ2n) is 6.37. The van der Waals surface area contributed by atoms with Gasteiger partial charge < -0.3 is 15.8 Å². The quantitative estimate of drug-likeness (QED) is 0.851. The molecule has 0 unspecified atom stereocenters. The first kappa shape index (κ1) is 16.5. The highest BCUT2D eigenvalue weighted by Crippen LogP contribution is 2.27. The van der Waals surface area contributed by atoms with Gasteiger partial charge in [0.25, 0.3) is 0 Å². The van der Waals surface area contributed by atoms with E-state index < -0.39 is 0 Å². The minimum absolute atomic E-state index is 0.0320. The number of hydrogen-bond acceptors (Lipinski definition) is 3. The number of amides is 1. The number of carbonyl (C=O) groups excluding carboxylic acids is 1. The number of hydrogen-bond donors (Lipinski definition) is 2. The molecule has 1 aliphatic rings. The molecule has 3 rings (SSSR count). The van der Waals surface area contributed by atoms with Gasteiger partial charge in [0.2, 0.25) is 5.91 Å². The van der Waals surface area contributed by atoms with Crippen LogP contribution in [-0.2, 0) is 11.4 Å². The number of ether oxygens (including phenoxy) is 1. The summed E-state index contributed by atoms with van der Waals surface area (Å²) in [6.45, 7) is 0.420. The van der Waals surface area contributed by atoms with Gasteiger partial charge >= 0.3 is 0 Å². The summed E-state index contributed by atoms with van der Waals surface area (Å²) >= 11 is 0. The molecule has 1 amide bonds. The number of anilines is 1. The molecule has 0 spiro atoms. The normalized spacial score (nSPS) is 19.9. The Hall–Kier alpha value is -2.33. The fraction of sp³-hybridized carbons (Fsp3) is 0.350. The van der Waals surface area contributed by atoms with Gasteiger partial charge in [-0.15, -0.1) is 0 Å². The van der Waals surface area contributed by atoms with Crippen LogP contribution in [0.3, 0.4) is 0 Å². The van der Waals surface area contributed by atoms with Gasteiger partial charge in [0.15, 0.2) is 0 Å². The number of nitrogens with one attached hydrogen (secondary N) is 1. The lowest BCUT2D eigenvalue weighted by atomic mass is 10.00. The third kappa shape index (κ3) is 4.36. The van der Waals surface area contributed by atoms with Crippen LogP contribution >= 0.6 is 0 Å². The van der Waals surface area contributed by atoms with Crippen LogP contribution in [0.4, 0.5) is 5.69 Å². The lowest BCUT2D eigenvalue weighted by Crippen LogP contribution is -2.28. The molecule has 0 aliphatic heterocycles. The Bertz CT molecular complexity index is 672. The third-order valence-electron chi connectivity index (χ3n) is 4.59. The lowest BCUT2D eigenvalue weighted by Gasteiger charge is -2.16. The highest BCUT2D eigenvalue weighted by Gasteiger charge is 2.26. The zero-order valence-corrected chi connectivity index (χ0v) is 13.8. The Morgan fingerprint density at radius 1 is 1.08 bits per heavy atom. The van der Waals surface area contributed by atoms with Crippen molar-refractivity contribution >= 4 is 11.6 Å². The van der Waals surface area contributed by atoms with Gasteiger partial charge in [0, 0.05) is 23.7 Å². The molecule has 1 fully saturated rings. The van der Waals surface area contributed by atoms with Crippen LogP contribution in [-0.4, -0.2) is 11.9 Å². The van der Waals surface area contributed by atoms with Gasteiger partial charge in [-0.1, -0.05) is 42.8 Å². The monoisotopic (exact) mass is 324 g/mol. The van der Waals surface area contributed by atoms with Gasteiger partial charge in [-0.3, -0.25) is 4.79 Å². The Balaban J connectivity index is 1.60. The van der Waals surface area contributed by atoms with E-state index in [0.29, 0.717) is 18.9 Å². The van der Waals surface area contributed by atoms with Crippen molar-refractivity contribution in [2.24, 2.45) is 11.7 Å². The van der Waals surface area contributed by atoms with E-state index in [4.69, 9.17) is 10.5 Å². The van der Waals surface area contributed by atoms with Crippen molar-refractivity contribution in [3.63, 3.8) is 0 Å². The van der Waals surface area contributed by atoms with Gasteiger partial charge in [0.1, 0.15) is 12.4 Å². The number of para-hydroxylation sites is 2. The highest BCUT2D eigenvalue weighted by atomic mass is 16.5. The second-order valence-corrected chi connectivity index (χ2v) is 6.37. The predicted octanol–water partition coefficient (Wildman–Crippen LogP) is 3.72. The van der Waals surface area contributed by atoms with E-state index in [1.165, 1.54) is 0 Å². The van der Waals surface area contributed by atoms with Crippen molar-refractivity contribution in [3.8, 4) is 5.75 Å². The molecule has 24 heavy (non-hydrogen) atoms. The first-order chi connectivity index (χ1) is 11.7. The van der Waals surface area contributed by atoms with Crippen LogP contribution in [0.1, 0.15) is 31.2 Å². The van der Waals surface area contributed by atoms with E-state index in [-0.39, 0.29) is 11.9 Å². The summed E-state index contributed by atoms with van der Waals surface area (Å²) in [4.78, 5) is 12.3. The van der Waals surface area contributed by atoms with Crippen molar-refractivity contribution in [3.05, 3.63) is 60.2 Å². The zero-order chi connectivity index (χ0) is 16.8. The molecule has 2 aromatic carbocycles. The molecule has 126 valence electrons. The Kier molecular flexibility index (Phi) is 5.49. The van der Waals surface area contributed by atoms with Crippen molar-refractivity contribution in [1.29, 1.82) is 0 Å². The number of nitrogens with two attached hydrogens (primary N) is 1. The van der Waals surface area contributed by atoms with Gasteiger partial charge in [-0.2, -0.15) is 0 Å². The lowest BCUT2D eigenvalue weighted by molar-refractivity contribution is -0.117. The van der Waals surface area contributed by atoms with Crippen LogP contribution < -0.4 is 15.8 Å². The number of rotatable bonds is 6. The average molecular weight is 324 g/mol. The van der Waals surface area contributed by atoms with E-state index in [0.717, 1.165) is 36.3 Å². The molecule has 2 aromatic rings. The van der Waals surface area contributed by atoms with Crippen molar-refractivity contribution in [2.45, 2.75) is 38.3 Å². The molecule has 0 aromatic heterocycles. The summed E-state index contributed by atoms with van der Waals surface area (Å²) in [5.74, 6) is 1.15. The van der Waals surface area contributed by atoms with E-state index in [9.17, 15) is 4.79 Å². The van der Waals surface area contributed by atoms with Crippen molar-refractivity contribution < 1.29 is 9.53 Å².